The Hall–Kier alpha value is -2.48. The van der Waals surface area contributed by atoms with Crippen LogP contribution in [-0.4, -0.2) is 13.0 Å². The van der Waals surface area contributed by atoms with Crippen molar-refractivity contribution in [2.45, 2.75) is 0 Å². The third-order valence-electron chi connectivity index (χ3n) is 2.98. The first-order valence-corrected chi connectivity index (χ1v) is 7.31. The molecule has 0 heterocycles. The molecule has 0 radical (unpaired) electrons. The first kappa shape index (κ1) is 16.9. The molecule has 1 amide bonds. The van der Waals surface area contributed by atoms with Gasteiger partial charge in [-0.2, -0.15) is 5.26 Å². The number of carbonyl (C=O) groups excluding carboxylic acids is 1. The van der Waals surface area contributed by atoms with Crippen molar-refractivity contribution in [1.82, 2.24) is 0 Å². The molecule has 116 valence electrons. The molecule has 0 bridgehead atoms. The van der Waals surface area contributed by atoms with Crippen molar-refractivity contribution >= 4 is 40.9 Å². The minimum absolute atomic E-state index is 0.0648. The molecule has 0 aromatic heterocycles. The number of nitrogens with zero attached hydrogens (tertiary/aromatic N) is 1. The predicted octanol–water partition coefficient (Wildman–Crippen LogP) is 4.55. The van der Waals surface area contributed by atoms with Crippen molar-refractivity contribution < 1.29 is 9.53 Å². The summed E-state index contributed by atoms with van der Waals surface area (Å²) in [6.45, 7) is 0. The van der Waals surface area contributed by atoms with Gasteiger partial charge < -0.3 is 10.1 Å². The smallest absolute Gasteiger partial charge is 0.266 e. The quantitative estimate of drug-likeness (QED) is 0.652. The van der Waals surface area contributed by atoms with Crippen molar-refractivity contribution in [3.8, 4) is 11.8 Å². The maximum absolute atomic E-state index is 12.2. The van der Waals surface area contributed by atoms with E-state index in [0.717, 1.165) is 0 Å². The molecule has 2 aromatic rings. The van der Waals surface area contributed by atoms with Crippen molar-refractivity contribution in [3.05, 3.63) is 63.6 Å². The van der Waals surface area contributed by atoms with Gasteiger partial charge in [0.15, 0.2) is 0 Å². The number of halogens is 2. The minimum Gasteiger partial charge on any atom is -0.497 e. The average molecular weight is 347 g/mol. The molecule has 0 unspecified atom stereocenters. The molecule has 1 N–H and O–H groups in total. The van der Waals surface area contributed by atoms with Crippen LogP contribution in [0.15, 0.2) is 48.0 Å². The van der Waals surface area contributed by atoms with E-state index in [1.165, 1.54) is 6.08 Å². The zero-order valence-corrected chi connectivity index (χ0v) is 13.7. The number of nitriles is 1. The van der Waals surface area contributed by atoms with E-state index < -0.39 is 5.91 Å². The van der Waals surface area contributed by atoms with Crippen molar-refractivity contribution in [2.75, 3.05) is 12.4 Å². The summed E-state index contributed by atoms with van der Waals surface area (Å²) in [4.78, 5) is 12.2. The fourth-order valence-electron chi connectivity index (χ4n) is 1.80. The summed E-state index contributed by atoms with van der Waals surface area (Å²) >= 11 is 11.9. The third kappa shape index (κ3) is 4.49. The number of benzene rings is 2. The van der Waals surface area contributed by atoms with Gasteiger partial charge in [0.25, 0.3) is 5.91 Å². The molecule has 23 heavy (non-hydrogen) atoms. The third-order valence-corrected chi connectivity index (χ3v) is 3.54. The van der Waals surface area contributed by atoms with Gasteiger partial charge in [0.1, 0.15) is 17.4 Å². The van der Waals surface area contributed by atoms with Gasteiger partial charge in [0.2, 0.25) is 0 Å². The van der Waals surface area contributed by atoms with Gasteiger partial charge in [-0.3, -0.25) is 4.79 Å². The highest BCUT2D eigenvalue weighted by atomic mass is 35.5. The predicted molar refractivity (Wildman–Crippen MR) is 91.7 cm³/mol. The van der Waals surface area contributed by atoms with E-state index in [4.69, 9.17) is 27.9 Å². The molecule has 0 fully saturated rings. The SMILES string of the molecule is COc1ccc(NC(=O)/C(C#N)=C/c2ccc(Cl)cc2Cl)cc1. The standard InChI is InChI=1S/C17H12Cl2N2O2/c1-23-15-6-4-14(5-7-15)21-17(22)12(10-20)8-11-2-3-13(18)9-16(11)19/h2-9H,1H3,(H,21,22)/b12-8+. The number of hydrogen-bond acceptors (Lipinski definition) is 3. The van der Waals surface area contributed by atoms with Gasteiger partial charge >= 0.3 is 0 Å². The lowest BCUT2D eigenvalue weighted by atomic mass is 10.1. The van der Waals surface area contributed by atoms with Crippen molar-refractivity contribution in [1.29, 1.82) is 5.26 Å². The van der Waals surface area contributed by atoms with E-state index in [1.54, 1.807) is 49.6 Å². The average Bonchev–Trinajstić information content (AvgIpc) is 2.54. The Morgan fingerprint density at radius 3 is 2.48 bits per heavy atom. The summed E-state index contributed by atoms with van der Waals surface area (Å²) in [5.41, 5.74) is 1.03. The summed E-state index contributed by atoms with van der Waals surface area (Å²) in [5.74, 6) is 0.149. The first-order chi connectivity index (χ1) is 11.0. The highest BCUT2D eigenvalue weighted by molar-refractivity contribution is 6.35. The number of methoxy groups -OCH3 is 1. The zero-order valence-electron chi connectivity index (χ0n) is 12.1. The summed E-state index contributed by atoms with van der Waals surface area (Å²) in [7, 11) is 1.56. The molecule has 4 nitrogen and oxygen atoms in total. The van der Waals surface area contributed by atoms with Crippen LogP contribution in [0.3, 0.4) is 0 Å². The molecule has 0 spiro atoms. The summed E-state index contributed by atoms with van der Waals surface area (Å²) in [6.07, 6.45) is 1.41. The number of carbonyl (C=O) groups is 1. The lowest BCUT2D eigenvalue weighted by Gasteiger charge is -2.06. The maximum Gasteiger partial charge on any atom is 0.266 e. The van der Waals surface area contributed by atoms with Gasteiger partial charge in [-0.05, 0) is 48.0 Å². The van der Waals surface area contributed by atoms with Crippen molar-refractivity contribution in [3.63, 3.8) is 0 Å². The van der Waals surface area contributed by atoms with Crippen LogP contribution >= 0.6 is 23.2 Å². The Morgan fingerprint density at radius 1 is 1.22 bits per heavy atom. The molecular weight excluding hydrogens is 335 g/mol. The lowest BCUT2D eigenvalue weighted by Crippen LogP contribution is -2.13. The summed E-state index contributed by atoms with van der Waals surface area (Å²) in [5, 5.41) is 12.7. The van der Waals surface area contributed by atoms with E-state index in [9.17, 15) is 10.1 Å². The Labute approximate surface area is 143 Å². The molecule has 2 aromatic carbocycles. The first-order valence-electron chi connectivity index (χ1n) is 6.55. The van der Waals surface area contributed by atoms with Gasteiger partial charge in [0, 0.05) is 15.7 Å². The maximum atomic E-state index is 12.2. The largest absolute Gasteiger partial charge is 0.497 e. The molecule has 0 saturated heterocycles. The van der Waals surface area contributed by atoms with Crippen LogP contribution in [0.1, 0.15) is 5.56 Å². The number of hydrogen-bond donors (Lipinski definition) is 1. The van der Waals surface area contributed by atoms with Gasteiger partial charge in [-0.1, -0.05) is 29.3 Å². The second-order valence-electron chi connectivity index (χ2n) is 4.52. The van der Waals surface area contributed by atoms with Crippen LogP contribution in [0.5, 0.6) is 5.75 Å². The number of amides is 1. The molecule has 6 heteroatoms. The second-order valence-corrected chi connectivity index (χ2v) is 5.36. The molecule has 0 atom stereocenters. The van der Waals surface area contributed by atoms with E-state index in [1.807, 2.05) is 6.07 Å². The van der Waals surface area contributed by atoms with Crippen molar-refractivity contribution in [2.24, 2.45) is 0 Å². The monoisotopic (exact) mass is 346 g/mol. The Kier molecular flexibility index (Phi) is 5.64. The summed E-state index contributed by atoms with van der Waals surface area (Å²) in [6, 6.07) is 13.5. The normalized spacial score (nSPS) is 10.8. The van der Waals surface area contributed by atoms with Crippen LogP contribution in [-0.2, 0) is 4.79 Å². The van der Waals surface area contributed by atoms with E-state index in [0.29, 0.717) is 27.0 Å². The summed E-state index contributed by atoms with van der Waals surface area (Å²) < 4.78 is 5.04. The fourth-order valence-corrected chi connectivity index (χ4v) is 2.26. The van der Waals surface area contributed by atoms with Gasteiger partial charge in [-0.15, -0.1) is 0 Å². The molecule has 0 aliphatic rings. The van der Waals surface area contributed by atoms with Crippen LogP contribution in [0.4, 0.5) is 5.69 Å². The molecular formula is C17H12Cl2N2O2. The van der Waals surface area contributed by atoms with Gasteiger partial charge in [0.05, 0.1) is 7.11 Å². The second kappa shape index (κ2) is 7.68. The Morgan fingerprint density at radius 2 is 1.91 bits per heavy atom. The number of rotatable bonds is 4. The molecule has 0 aliphatic heterocycles. The highest BCUT2D eigenvalue weighted by Crippen LogP contribution is 2.23. The van der Waals surface area contributed by atoms with Gasteiger partial charge in [-0.25, -0.2) is 0 Å². The molecule has 0 aliphatic carbocycles. The van der Waals surface area contributed by atoms with E-state index >= 15 is 0 Å². The zero-order chi connectivity index (χ0) is 16.8. The van der Waals surface area contributed by atoms with E-state index in [-0.39, 0.29) is 5.57 Å². The Balaban J connectivity index is 2.20. The number of nitrogens with one attached hydrogen (secondary N) is 1. The topological polar surface area (TPSA) is 62.1 Å². The van der Waals surface area contributed by atoms with Crippen LogP contribution in [0.2, 0.25) is 10.0 Å². The number of ether oxygens (including phenoxy) is 1. The molecule has 2 rings (SSSR count). The van der Waals surface area contributed by atoms with Crippen LogP contribution < -0.4 is 10.1 Å². The highest BCUT2D eigenvalue weighted by Gasteiger charge is 2.11. The minimum atomic E-state index is -0.524. The molecule has 0 saturated carbocycles. The van der Waals surface area contributed by atoms with E-state index in [2.05, 4.69) is 5.32 Å². The van der Waals surface area contributed by atoms with Crippen LogP contribution in [0.25, 0.3) is 6.08 Å². The Bertz CT molecular complexity index is 793. The van der Waals surface area contributed by atoms with Crippen LogP contribution in [0, 0.1) is 11.3 Å². The fraction of sp³-hybridized carbons (Fsp3) is 0.0588. The number of anilines is 1. The lowest BCUT2D eigenvalue weighted by molar-refractivity contribution is -0.112.